The quantitative estimate of drug-likeness (QED) is 0.379. The second-order valence-electron chi connectivity index (χ2n) is 5.59. The molecule has 0 bridgehead atoms. The minimum Gasteiger partial charge on any atom is -0.385 e. The van der Waals surface area contributed by atoms with Crippen molar-refractivity contribution in [1.82, 2.24) is 15.6 Å². The zero-order chi connectivity index (χ0) is 16.3. The van der Waals surface area contributed by atoms with E-state index in [1.807, 2.05) is 7.05 Å². The highest BCUT2D eigenvalue weighted by Crippen LogP contribution is 2.17. The van der Waals surface area contributed by atoms with Crippen LogP contribution in [0.2, 0.25) is 0 Å². The number of benzene rings is 1. The molecule has 0 spiro atoms. The van der Waals surface area contributed by atoms with Crippen LogP contribution in [0.5, 0.6) is 0 Å². The summed E-state index contributed by atoms with van der Waals surface area (Å²) < 4.78 is 5.05. The molecule has 0 atom stereocenters. The third-order valence-electron chi connectivity index (χ3n) is 3.90. The zero-order valence-corrected chi connectivity index (χ0v) is 14.2. The van der Waals surface area contributed by atoms with Gasteiger partial charge in [-0.05, 0) is 37.3 Å². The van der Waals surface area contributed by atoms with Crippen molar-refractivity contribution in [1.29, 1.82) is 0 Å². The minimum absolute atomic E-state index is 0.845. The maximum Gasteiger partial charge on any atom is 0.190 e. The van der Waals surface area contributed by atoms with E-state index < -0.39 is 0 Å². The molecule has 0 aliphatic rings. The predicted octanol–water partition coefficient (Wildman–Crippen LogP) is 2.69. The first-order chi connectivity index (χ1) is 11.3. The van der Waals surface area contributed by atoms with Crippen LogP contribution in [0.3, 0.4) is 0 Å². The van der Waals surface area contributed by atoms with Gasteiger partial charge in [-0.2, -0.15) is 0 Å². The number of aromatic amines is 1. The highest BCUT2D eigenvalue weighted by Gasteiger charge is 2.03. The lowest BCUT2D eigenvalue weighted by atomic mass is 10.1. The van der Waals surface area contributed by atoms with Gasteiger partial charge in [0.1, 0.15) is 0 Å². The molecule has 1 heterocycles. The normalized spacial score (nSPS) is 11.8. The molecule has 1 aromatic carbocycles. The van der Waals surface area contributed by atoms with Gasteiger partial charge in [0, 0.05) is 51.0 Å². The Balaban J connectivity index is 1.67. The van der Waals surface area contributed by atoms with Gasteiger partial charge in [0.25, 0.3) is 0 Å². The molecule has 0 unspecified atom stereocenters. The summed E-state index contributed by atoms with van der Waals surface area (Å²) in [5, 5.41) is 8.03. The van der Waals surface area contributed by atoms with Crippen LogP contribution in [0, 0.1) is 0 Å². The van der Waals surface area contributed by atoms with Gasteiger partial charge in [-0.25, -0.2) is 0 Å². The third-order valence-corrected chi connectivity index (χ3v) is 3.90. The Hall–Kier alpha value is -2.01. The van der Waals surface area contributed by atoms with Crippen molar-refractivity contribution >= 4 is 16.9 Å². The molecule has 2 rings (SSSR count). The van der Waals surface area contributed by atoms with Crippen LogP contribution in [-0.4, -0.2) is 44.8 Å². The van der Waals surface area contributed by atoms with Crippen LogP contribution in [0.25, 0.3) is 10.9 Å². The second kappa shape index (κ2) is 9.90. The lowest BCUT2D eigenvalue weighted by Gasteiger charge is -2.11. The summed E-state index contributed by atoms with van der Waals surface area (Å²) in [5.41, 5.74) is 2.53. The van der Waals surface area contributed by atoms with E-state index in [0.717, 1.165) is 44.9 Å². The van der Waals surface area contributed by atoms with E-state index >= 15 is 0 Å². The van der Waals surface area contributed by atoms with E-state index in [2.05, 4.69) is 51.1 Å². The van der Waals surface area contributed by atoms with Crippen molar-refractivity contribution in [2.24, 2.45) is 4.99 Å². The molecule has 0 saturated carbocycles. The van der Waals surface area contributed by atoms with Gasteiger partial charge in [-0.15, -0.1) is 0 Å². The van der Waals surface area contributed by atoms with Crippen LogP contribution in [0.15, 0.2) is 35.5 Å². The number of hydrogen-bond acceptors (Lipinski definition) is 2. The Bertz CT molecular complexity index is 606. The largest absolute Gasteiger partial charge is 0.385 e. The van der Waals surface area contributed by atoms with Crippen LogP contribution >= 0.6 is 0 Å². The van der Waals surface area contributed by atoms with Crippen molar-refractivity contribution in [3.63, 3.8) is 0 Å². The highest BCUT2D eigenvalue weighted by molar-refractivity contribution is 5.83. The lowest BCUT2D eigenvalue weighted by molar-refractivity contribution is 0.192. The second-order valence-corrected chi connectivity index (χ2v) is 5.59. The average Bonchev–Trinajstić information content (AvgIpc) is 2.99. The number of fused-ring (bicyclic) bond motifs is 1. The molecular formula is C18H28N4O. The summed E-state index contributed by atoms with van der Waals surface area (Å²) in [6.07, 6.45) is 6.49. The fourth-order valence-corrected chi connectivity index (χ4v) is 2.63. The third kappa shape index (κ3) is 5.60. The molecule has 0 radical (unpaired) electrons. The molecule has 2 aromatic rings. The van der Waals surface area contributed by atoms with Crippen LogP contribution in [0.4, 0.5) is 0 Å². The molecule has 0 aliphatic heterocycles. The number of ether oxygens (including phenoxy) is 1. The number of para-hydroxylation sites is 1. The number of guanidine groups is 1. The zero-order valence-electron chi connectivity index (χ0n) is 14.2. The standard InChI is InChI=1S/C18H28N4O/c1-19-18(20-11-6-3-7-13-23-2)21-12-10-15-14-22-17-9-5-4-8-16(15)17/h4-5,8-9,14,22H,3,6-7,10-13H2,1-2H3,(H2,19,20,21). The van der Waals surface area contributed by atoms with Gasteiger partial charge >= 0.3 is 0 Å². The monoisotopic (exact) mass is 316 g/mol. The van der Waals surface area contributed by atoms with Gasteiger partial charge in [-0.1, -0.05) is 18.2 Å². The first-order valence-corrected chi connectivity index (χ1v) is 8.33. The molecule has 1 aromatic heterocycles. The molecule has 0 saturated heterocycles. The van der Waals surface area contributed by atoms with E-state index in [-0.39, 0.29) is 0 Å². The summed E-state index contributed by atoms with van der Waals surface area (Å²) in [6, 6.07) is 8.40. The Morgan fingerprint density at radius 1 is 1.13 bits per heavy atom. The summed E-state index contributed by atoms with van der Waals surface area (Å²) in [5.74, 6) is 0.872. The summed E-state index contributed by atoms with van der Waals surface area (Å²) in [7, 11) is 3.56. The van der Waals surface area contributed by atoms with Crippen molar-refractivity contribution in [3.8, 4) is 0 Å². The Morgan fingerprint density at radius 2 is 1.96 bits per heavy atom. The number of unbranched alkanes of at least 4 members (excludes halogenated alkanes) is 2. The predicted molar refractivity (Wildman–Crippen MR) is 97.1 cm³/mol. The minimum atomic E-state index is 0.845. The average molecular weight is 316 g/mol. The number of nitrogens with one attached hydrogen (secondary N) is 3. The number of aliphatic imine (C=N–C) groups is 1. The molecular weight excluding hydrogens is 288 g/mol. The molecule has 23 heavy (non-hydrogen) atoms. The number of hydrogen-bond donors (Lipinski definition) is 3. The first-order valence-electron chi connectivity index (χ1n) is 8.33. The topological polar surface area (TPSA) is 61.4 Å². The van der Waals surface area contributed by atoms with Crippen LogP contribution in [0.1, 0.15) is 24.8 Å². The van der Waals surface area contributed by atoms with Crippen LogP contribution in [-0.2, 0) is 11.2 Å². The smallest absolute Gasteiger partial charge is 0.190 e. The van der Waals surface area contributed by atoms with Gasteiger partial charge < -0.3 is 20.4 Å². The molecule has 5 heteroatoms. The fraction of sp³-hybridized carbons (Fsp3) is 0.500. The number of aromatic nitrogens is 1. The molecule has 0 amide bonds. The van der Waals surface area contributed by atoms with Crippen molar-refractivity contribution in [3.05, 3.63) is 36.0 Å². The lowest BCUT2D eigenvalue weighted by Crippen LogP contribution is -2.38. The Kier molecular flexibility index (Phi) is 7.46. The maximum absolute atomic E-state index is 5.05. The van der Waals surface area contributed by atoms with Crippen molar-refractivity contribution < 1.29 is 4.74 Å². The molecule has 126 valence electrons. The highest BCUT2D eigenvalue weighted by atomic mass is 16.5. The van der Waals surface area contributed by atoms with E-state index in [1.165, 1.54) is 22.9 Å². The number of nitrogens with zero attached hydrogens (tertiary/aromatic N) is 1. The first kappa shape index (κ1) is 17.3. The molecule has 0 aliphatic carbocycles. The summed E-state index contributed by atoms with van der Waals surface area (Å²) in [6.45, 7) is 2.65. The SMILES string of the molecule is CN=C(NCCCCCOC)NCCc1c[nH]c2ccccc12. The van der Waals surface area contributed by atoms with Gasteiger partial charge in [0.15, 0.2) is 5.96 Å². The fourth-order valence-electron chi connectivity index (χ4n) is 2.63. The molecule has 3 N–H and O–H groups in total. The van der Waals surface area contributed by atoms with E-state index in [1.54, 1.807) is 7.11 Å². The molecule has 5 nitrogen and oxygen atoms in total. The summed E-state index contributed by atoms with van der Waals surface area (Å²) >= 11 is 0. The van der Waals surface area contributed by atoms with E-state index in [0.29, 0.717) is 0 Å². The summed E-state index contributed by atoms with van der Waals surface area (Å²) in [4.78, 5) is 7.58. The van der Waals surface area contributed by atoms with E-state index in [4.69, 9.17) is 4.74 Å². The number of rotatable bonds is 9. The number of methoxy groups -OCH3 is 1. The Morgan fingerprint density at radius 3 is 2.78 bits per heavy atom. The van der Waals surface area contributed by atoms with Gasteiger partial charge in [0.05, 0.1) is 0 Å². The number of H-pyrrole nitrogens is 1. The molecule has 0 fully saturated rings. The van der Waals surface area contributed by atoms with Crippen molar-refractivity contribution in [2.75, 3.05) is 33.9 Å². The van der Waals surface area contributed by atoms with Gasteiger partial charge in [-0.3, -0.25) is 4.99 Å². The Labute approximate surface area is 138 Å². The van der Waals surface area contributed by atoms with Crippen molar-refractivity contribution in [2.45, 2.75) is 25.7 Å². The maximum atomic E-state index is 5.05. The van der Waals surface area contributed by atoms with Gasteiger partial charge in [0.2, 0.25) is 0 Å². The van der Waals surface area contributed by atoms with E-state index in [9.17, 15) is 0 Å². The van der Waals surface area contributed by atoms with Crippen LogP contribution < -0.4 is 10.6 Å².